The Morgan fingerprint density at radius 1 is 0.757 bits per heavy atom. The van der Waals surface area contributed by atoms with E-state index in [1.165, 1.54) is 0 Å². The molecule has 198 valence electrons. The maximum atomic E-state index is 5.72. The monoisotopic (exact) mass is 622 g/mol. The summed E-state index contributed by atoms with van der Waals surface area (Å²) in [7, 11) is 0. The van der Waals surface area contributed by atoms with Crippen molar-refractivity contribution in [1.82, 2.24) is 39.0 Å². The number of ether oxygens (including phenoxy) is 4. The maximum Gasteiger partial charge on any atom is 0.168 e. The van der Waals surface area contributed by atoms with Crippen molar-refractivity contribution in [3.63, 3.8) is 0 Å². The minimum Gasteiger partial charge on any atom is -0.489 e. The molecule has 37 heavy (non-hydrogen) atoms. The standard InChI is InChI=1S/C12H15IN4O2.C12H16N4O2/c13-11-8-15-17-9-10(7-14-12(11)17)19-6-3-16-1-4-18-5-2-16;1-2-14-16-10-11(9-13-12(1)16)18-8-5-15-3-6-17-7-4-15/h7-9H,1-6H2;1-2,9-10H,3-8H2. The van der Waals surface area contributed by atoms with Crippen molar-refractivity contribution in [3.05, 3.63) is 46.8 Å². The SMILES string of the molecule is Ic1cnn2cc(OCCN3CCOCC3)cnc12.c1cc2ncc(OCCN3CCOCC3)cn2n1. The zero-order valence-electron chi connectivity index (χ0n) is 20.6. The van der Waals surface area contributed by atoms with Crippen LogP contribution in [0.4, 0.5) is 0 Å². The van der Waals surface area contributed by atoms with E-state index in [1.807, 2.05) is 18.5 Å². The number of halogens is 1. The first-order valence-corrected chi connectivity index (χ1v) is 13.5. The van der Waals surface area contributed by atoms with E-state index in [1.54, 1.807) is 33.8 Å². The molecule has 12 nitrogen and oxygen atoms in total. The third-order valence-corrected chi connectivity index (χ3v) is 6.83. The van der Waals surface area contributed by atoms with Crippen LogP contribution in [0.1, 0.15) is 0 Å². The van der Waals surface area contributed by atoms with E-state index in [2.05, 4.69) is 52.6 Å². The number of aromatic nitrogens is 6. The van der Waals surface area contributed by atoms with E-state index < -0.39 is 0 Å². The second kappa shape index (κ2) is 13.3. The van der Waals surface area contributed by atoms with Crippen LogP contribution < -0.4 is 9.47 Å². The van der Waals surface area contributed by atoms with E-state index in [-0.39, 0.29) is 0 Å². The van der Waals surface area contributed by atoms with Gasteiger partial charge in [-0.2, -0.15) is 10.2 Å². The van der Waals surface area contributed by atoms with Gasteiger partial charge in [0.25, 0.3) is 0 Å². The molecule has 0 amide bonds. The fraction of sp³-hybridized carbons (Fsp3) is 0.500. The smallest absolute Gasteiger partial charge is 0.168 e. The van der Waals surface area contributed by atoms with Crippen LogP contribution in [0.5, 0.6) is 11.5 Å². The van der Waals surface area contributed by atoms with Crippen LogP contribution in [0.25, 0.3) is 11.3 Å². The van der Waals surface area contributed by atoms with Gasteiger partial charge in [-0.3, -0.25) is 9.80 Å². The molecule has 2 aliphatic rings. The minimum atomic E-state index is 0.658. The Morgan fingerprint density at radius 2 is 1.35 bits per heavy atom. The lowest BCUT2D eigenvalue weighted by molar-refractivity contribution is 0.0321. The number of nitrogens with zero attached hydrogens (tertiary/aromatic N) is 8. The molecular weight excluding hydrogens is 591 g/mol. The molecule has 2 fully saturated rings. The van der Waals surface area contributed by atoms with Crippen LogP contribution in [0.2, 0.25) is 0 Å². The second-order valence-corrected chi connectivity index (χ2v) is 9.74. The summed E-state index contributed by atoms with van der Waals surface area (Å²) in [6.07, 6.45) is 10.7. The molecule has 6 heterocycles. The van der Waals surface area contributed by atoms with Crippen LogP contribution >= 0.6 is 22.6 Å². The zero-order valence-corrected chi connectivity index (χ0v) is 22.8. The Bertz CT molecular complexity index is 1260. The largest absolute Gasteiger partial charge is 0.489 e. The van der Waals surface area contributed by atoms with Crippen molar-refractivity contribution in [2.24, 2.45) is 0 Å². The van der Waals surface area contributed by atoms with Crippen molar-refractivity contribution in [2.75, 3.05) is 78.9 Å². The average molecular weight is 622 g/mol. The van der Waals surface area contributed by atoms with E-state index in [9.17, 15) is 0 Å². The van der Waals surface area contributed by atoms with Crippen LogP contribution in [-0.2, 0) is 9.47 Å². The van der Waals surface area contributed by atoms with Gasteiger partial charge in [-0.25, -0.2) is 19.0 Å². The summed E-state index contributed by atoms with van der Waals surface area (Å²) in [6.45, 7) is 10.4. The zero-order chi connectivity index (χ0) is 25.3. The van der Waals surface area contributed by atoms with E-state index in [0.29, 0.717) is 13.2 Å². The average Bonchev–Trinajstić information content (AvgIpc) is 3.56. The molecule has 0 unspecified atom stereocenters. The summed E-state index contributed by atoms with van der Waals surface area (Å²) in [4.78, 5) is 13.3. The third kappa shape index (κ3) is 7.47. The van der Waals surface area contributed by atoms with Crippen LogP contribution in [0.3, 0.4) is 0 Å². The van der Waals surface area contributed by atoms with Gasteiger partial charge in [-0.1, -0.05) is 0 Å². The minimum absolute atomic E-state index is 0.658. The first-order chi connectivity index (χ1) is 18.2. The van der Waals surface area contributed by atoms with Gasteiger partial charge in [0.15, 0.2) is 22.8 Å². The lowest BCUT2D eigenvalue weighted by atomic mass is 10.4. The Morgan fingerprint density at radius 3 is 2.00 bits per heavy atom. The molecule has 0 atom stereocenters. The molecule has 0 aromatic carbocycles. The van der Waals surface area contributed by atoms with E-state index in [4.69, 9.17) is 18.9 Å². The highest BCUT2D eigenvalue weighted by Gasteiger charge is 2.11. The summed E-state index contributed by atoms with van der Waals surface area (Å²) >= 11 is 2.22. The van der Waals surface area contributed by atoms with Crippen molar-refractivity contribution in [2.45, 2.75) is 0 Å². The third-order valence-electron chi connectivity index (χ3n) is 6.07. The first-order valence-electron chi connectivity index (χ1n) is 12.4. The van der Waals surface area contributed by atoms with Crippen LogP contribution in [0, 0.1) is 3.57 Å². The number of rotatable bonds is 8. The molecule has 0 saturated carbocycles. The molecule has 2 saturated heterocycles. The first kappa shape index (κ1) is 26.0. The van der Waals surface area contributed by atoms with Crippen molar-refractivity contribution >= 4 is 33.9 Å². The molecule has 6 rings (SSSR count). The van der Waals surface area contributed by atoms with Crippen LogP contribution in [0.15, 0.2) is 43.2 Å². The van der Waals surface area contributed by atoms with E-state index >= 15 is 0 Å². The van der Waals surface area contributed by atoms with E-state index in [0.717, 1.165) is 92.1 Å². The lowest BCUT2D eigenvalue weighted by Crippen LogP contribution is -2.38. The fourth-order valence-corrected chi connectivity index (χ4v) is 4.52. The van der Waals surface area contributed by atoms with Gasteiger partial charge in [-0.15, -0.1) is 0 Å². The normalized spacial score (nSPS) is 17.0. The van der Waals surface area contributed by atoms with Gasteiger partial charge >= 0.3 is 0 Å². The highest BCUT2D eigenvalue weighted by atomic mass is 127. The molecule has 4 aromatic heterocycles. The fourth-order valence-electron chi connectivity index (χ4n) is 4.01. The Kier molecular flexibility index (Phi) is 9.34. The number of fused-ring (bicyclic) bond motifs is 2. The highest BCUT2D eigenvalue weighted by Crippen LogP contribution is 2.15. The predicted molar refractivity (Wildman–Crippen MR) is 144 cm³/mol. The number of hydrogen-bond acceptors (Lipinski definition) is 10. The van der Waals surface area contributed by atoms with Crippen molar-refractivity contribution in [1.29, 1.82) is 0 Å². The molecule has 13 heteroatoms. The molecule has 0 bridgehead atoms. The molecule has 0 aliphatic carbocycles. The van der Waals surface area contributed by atoms with Crippen molar-refractivity contribution in [3.8, 4) is 11.5 Å². The summed E-state index contributed by atoms with van der Waals surface area (Å²) in [5.74, 6) is 1.50. The molecule has 4 aromatic rings. The van der Waals surface area contributed by atoms with Gasteiger partial charge in [0.1, 0.15) is 13.2 Å². The van der Waals surface area contributed by atoms with Gasteiger partial charge < -0.3 is 18.9 Å². The summed E-state index contributed by atoms with van der Waals surface area (Å²) in [5.41, 5.74) is 1.69. The maximum absolute atomic E-state index is 5.72. The summed E-state index contributed by atoms with van der Waals surface area (Å²) in [6, 6.07) is 1.86. The van der Waals surface area contributed by atoms with Gasteiger partial charge in [0.2, 0.25) is 0 Å². The second-order valence-electron chi connectivity index (χ2n) is 8.58. The Balaban J connectivity index is 0.000000152. The summed E-state index contributed by atoms with van der Waals surface area (Å²) < 4.78 is 26.5. The topological polar surface area (TPSA) is 104 Å². The number of hydrogen-bond donors (Lipinski definition) is 0. The lowest BCUT2D eigenvalue weighted by Gasteiger charge is -2.26. The molecule has 0 spiro atoms. The number of morpholine rings is 2. The van der Waals surface area contributed by atoms with Crippen molar-refractivity contribution < 1.29 is 18.9 Å². The van der Waals surface area contributed by atoms with Crippen LogP contribution in [-0.4, -0.2) is 118 Å². The van der Waals surface area contributed by atoms with Gasteiger partial charge in [-0.05, 0) is 22.6 Å². The summed E-state index contributed by atoms with van der Waals surface area (Å²) in [5, 5.41) is 8.34. The molecule has 0 radical (unpaired) electrons. The predicted octanol–water partition coefficient (Wildman–Crippen LogP) is 1.49. The Labute approximate surface area is 228 Å². The highest BCUT2D eigenvalue weighted by molar-refractivity contribution is 14.1. The molecular formula is C24H31IN8O4. The van der Waals surface area contributed by atoms with Gasteiger partial charge in [0.05, 0.1) is 67.2 Å². The Hall–Kier alpha value is -2.59. The molecule has 2 aliphatic heterocycles. The molecule has 0 N–H and O–H groups in total. The van der Waals surface area contributed by atoms with Gasteiger partial charge in [0, 0.05) is 45.3 Å². The quantitative estimate of drug-likeness (QED) is 0.269.